The van der Waals surface area contributed by atoms with Crippen LogP contribution in [0, 0.1) is 5.92 Å². The second-order valence-electron chi connectivity index (χ2n) is 6.73. The lowest BCUT2D eigenvalue weighted by Crippen LogP contribution is -2.44. The fourth-order valence-corrected chi connectivity index (χ4v) is 3.68. The molecule has 1 aromatic rings. The van der Waals surface area contributed by atoms with Gasteiger partial charge < -0.3 is 14.5 Å². The van der Waals surface area contributed by atoms with Crippen LogP contribution in [-0.4, -0.2) is 54.9 Å². The first-order valence-corrected chi connectivity index (χ1v) is 8.89. The van der Waals surface area contributed by atoms with Gasteiger partial charge in [-0.3, -0.25) is 9.59 Å². The summed E-state index contributed by atoms with van der Waals surface area (Å²) in [6.07, 6.45) is 4.78. The van der Waals surface area contributed by atoms with Crippen LogP contribution < -0.4 is 4.74 Å². The topological polar surface area (TPSA) is 49.9 Å². The summed E-state index contributed by atoms with van der Waals surface area (Å²) < 4.78 is 5.30. The second kappa shape index (κ2) is 7.69. The Morgan fingerprint density at radius 1 is 1.17 bits per heavy atom. The number of methoxy groups -OCH3 is 1. The second-order valence-corrected chi connectivity index (χ2v) is 6.73. The predicted octanol–water partition coefficient (Wildman–Crippen LogP) is 2.56. The molecule has 2 saturated heterocycles. The number of piperidine rings is 2. The molecule has 2 amide bonds. The molecular formula is C19H26N2O3. The van der Waals surface area contributed by atoms with Crippen molar-refractivity contribution in [3.8, 4) is 5.75 Å². The molecule has 3 rings (SSSR count). The van der Waals surface area contributed by atoms with Crippen molar-refractivity contribution in [2.45, 2.75) is 32.1 Å². The van der Waals surface area contributed by atoms with Crippen LogP contribution in [0.4, 0.5) is 0 Å². The Balaban J connectivity index is 1.55. The van der Waals surface area contributed by atoms with Gasteiger partial charge in [-0.25, -0.2) is 0 Å². The number of hydrogen-bond donors (Lipinski definition) is 0. The molecule has 24 heavy (non-hydrogen) atoms. The molecule has 0 aromatic heterocycles. The van der Waals surface area contributed by atoms with Gasteiger partial charge in [0, 0.05) is 32.6 Å². The highest BCUT2D eigenvalue weighted by molar-refractivity contribution is 5.97. The molecule has 2 fully saturated rings. The van der Waals surface area contributed by atoms with E-state index in [0.717, 1.165) is 51.9 Å². The average molecular weight is 330 g/mol. The molecule has 0 unspecified atom stereocenters. The van der Waals surface area contributed by atoms with E-state index in [0.29, 0.717) is 29.6 Å². The Hall–Kier alpha value is -2.04. The van der Waals surface area contributed by atoms with Gasteiger partial charge in [0.05, 0.1) is 12.7 Å². The van der Waals surface area contributed by atoms with Gasteiger partial charge in [-0.15, -0.1) is 0 Å². The Kier molecular flexibility index (Phi) is 5.38. The minimum atomic E-state index is 0.0416. The van der Waals surface area contributed by atoms with Gasteiger partial charge in [-0.05, 0) is 43.7 Å². The van der Waals surface area contributed by atoms with Crippen LogP contribution in [0.3, 0.4) is 0 Å². The van der Waals surface area contributed by atoms with Gasteiger partial charge in [0.1, 0.15) is 5.75 Å². The Labute approximate surface area is 143 Å². The Morgan fingerprint density at radius 2 is 1.92 bits per heavy atom. The number of carbonyl (C=O) groups excluding carboxylic acids is 2. The number of carbonyl (C=O) groups is 2. The molecule has 0 N–H and O–H groups in total. The summed E-state index contributed by atoms with van der Waals surface area (Å²) >= 11 is 0. The fourth-order valence-electron chi connectivity index (χ4n) is 3.68. The van der Waals surface area contributed by atoms with Crippen LogP contribution in [0.15, 0.2) is 24.3 Å². The minimum absolute atomic E-state index is 0.0416. The first-order valence-electron chi connectivity index (χ1n) is 8.89. The van der Waals surface area contributed by atoms with E-state index in [2.05, 4.69) is 0 Å². The monoisotopic (exact) mass is 330 g/mol. The van der Waals surface area contributed by atoms with E-state index >= 15 is 0 Å². The van der Waals surface area contributed by atoms with Gasteiger partial charge in [-0.2, -0.15) is 0 Å². The number of rotatable bonds is 4. The van der Waals surface area contributed by atoms with Gasteiger partial charge in [0.2, 0.25) is 5.91 Å². The summed E-state index contributed by atoms with van der Waals surface area (Å²) in [7, 11) is 1.59. The average Bonchev–Trinajstić information content (AvgIpc) is 2.63. The largest absolute Gasteiger partial charge is 0.496 e. The molecular weight excluding hydrogens is 304 g/mol. The first-order chi connectivity index (χ1) is 11.7. The van der Waals surface area contributed by atoms with Crippen LogP contribution in [0.25, 0.3) is 0 Å². The number of nitrogens with zero attached hydrogens (tertiary/aromatic N) is 2. The zero-order valence-electron chi connectivity index (χ0n) is 14.4. The number of benzene rings is 1. The zero-order chi connectivity index (χ0) is 16.9. The Morgan fingerprint density at radius 3 is 2.62 bits per heavy atom. The first kappa shape index (κ1) is 16.8. The van der Waals surface area contributed by atoms with Crippen LogP contribution in [0.2, 0.25) is 0 Å². The lowest BCUT2D eigenvalue weighted by Gasteiger charge is -2.36. The molecule has 0 bridgehead atoms. The predicted molar refractivity (Wildman–Crippen MR) is 92.1 cm³/mol. The van der Waals surface area contributed by atoms with Gasteiger partial charge in [0.25, 0.3) is 5.91 Å². The molecule has 0 atom stereocenters. The SMILES string of the molecule is COc1ccccc1C(=O)N1CCC(CN2CCCCC2=O)CC1. The lowest BCUT2D eigenvalue weighted by atomic mass is 9.94. The molecule has 2 aliphatic rings. The van der Waals surface area contributed by atoms with E-state index in [1.807, 2.05) is 34.1 Å². The van der Waals surface area contributed by atoms with Crippen LogP contribution >= 0.6 is 0 Å². The summed E-state index contributed by atoms with van der Waals surface area (Å²) in [6, 6.07) is 7.38. The van der Waals surface area contributed by atoms with Crippen LogP contribution in [-0.2, 0) is 4.79 Å². The fraction of sp³-hybridized carbons (Fsp3) is 0.579. The van der Waals surface area contributed by atoms with Gasteiger partial charge in [-0.1, -0.05) is 12.1 Å². The van der Waals surface area contributed by atoms with Crippen LogP contribution in [0.5, 0.6) is 5.75 Å². The molecule has 0 spiro atoms. The van der Waals surface area contributed by atoms with Crippen molar-refractivity contribution in [1.82, 2.24) is 9.80 Å². The van der Waals surface area contributed by atoms with Gasteiger partial charge in [0.15, 0.2) is 0 Å². The number of ether oxygens (including phenoxy) is 1. The molecule has 0 radical (unpaired) electrons. The highest BCUT2D eigenvalue weighted by atomic mass is 16.5. The van der Waals surface area contributed by atoms with E-state index in [-0.39, 0.29) is 5.91 Å². The molecule has 0 aliphatic carbocycles. The summed E-state index contributed by atoms with van der Waals surface area (Å²) in [5.74, 6) is 1.48. The molecule has 5 heteroatoms. The Bertz CT molecular complexity index is 594. The number of amides is 2. The standard InChI is InChI=1S/C19H26N2O3/c1-24-17-7-3-2-6-16(17)19(23)20-12-9-15(10-13-20)14-21-11-5-4-8-18(21)22/h2-3,6-7,15H,4-5,8-14H2,1H3. The summed E-state index contributed by atoms with van der Waals surface area (Å²) in [4.78, 5) is 28.6. The summed E-state index contributed by atoms with van der Waals surface area (Å²) in [5, 5.41) is 0. The third kappa shape index (κ3) is 3.71. The maximum Gasteiger partial charge on any atom is 0.257 e. The molecule has 1 aromatic carbocycles. The maximum atomic E-state index is 12.7. The smallest absolute Gasteiger partial charge is 0.257 e. The van der Waals surface area contributed by atoms with Crippen LogP contribution in [0.1, 0.15) is 42.5 Å². The molecule has 2 heterocycles. The van der Waals surface area contributed by atoms with Crippen molar-refractivity contribution in [2.24, 2.45) is 5.92 Å². The third-order valence-electron chi connectivity index (χ3n) is 5.14. The van der Waals surface area contributed by atoms with E-state index in [4.69, 9.17) is 4.74 Å². The lowest BCUT2D eigenvalue weighted by molar-refractivity contribution is -0.134. The number of hydrogen-bond acceptors (Lipinski definition) is 3. The molecule has 2 aliphatic heterocycles. The van der Waals surface area contributed by atoms with E-state index in [1.54, 1.807) is 7.11 Å². The normalized spacial score (nSPS) is 19.5. The highest BCUT2D eigenvalue weighted by Crippen LogP contribution is 2.25. The van der Waals surface area contributed by atoms with Crippen molar-refractivity contribution in [3.63, 3.8) is 0 Å². The highest BCUT2D eigenvalue weighted by Gasteiger charge is 2.28. The van der Waals surface area contributed by atoms with E-state index < -0.39 is 0 Å². The van der Waals surface area contributed by atoms with Crippen molar-refractivity contribution < 1.29 is 14.3 Å². The van der Waals surface area contributed by atoms with Crippen molar-refractivity contribution in [3.05, 3.63) is 29.8 Å². The van der Waals surface area contributed by atoms with Crippen molar-refractivity contribution in [2.75, 3.05) is 33.3 Å². The zero-order valence-corrected chi connectivity index (χ0v) is 14.4. The van der Waals surface area contributed by atoms with E-state index in [1.165, 1.54) is 0 Å². The quantitative estimate of drug-likeness (QED) is 0.852. The maximum absolute atomic E-state index is 12.7. The third-order valence-corrected chi connectivity index (χ3v) is 5.14. The number of para-hydroxylation sites is 1. The molecule has 0 saturated carbocycles. The molecule has 130 valence electrons. The van der Waals surface area contributed by atoms with Crippen molar-refractivity contribution in [1.29, 1.82) is 0 Å². The summed E-state index contributed by atoms with van der Waals surface area (Å²) in [6.45, 7) is 3.27. The van der Waals surface area contributed by atoms with Crippen molar-refractivity contribution >= 4 is 11.8 Å². The van der Waals surface area contributed by atoms with Gasteiger partial charge >= 0.3 is 0 Å². The minimum Gasteiger partial charge on any atom is -0.496 e. The number of likely N-dealkylation sites (tertiary alicyclic amines) is 2. The van der Waals surface area contributed by atoms with E-state index in [9.17, 15) is 9.59 Å². The molecule has 5 nitrogen and oxygen atoms in total. The summed E-state index contributed by atoms with van der Waals surface area (Å²) in [5.41, 5.74) is 0.629.